The molecule has 1 aromatic heterocycles. The summed E-state index contributed by atoms with van der Waals surface area (Å²) in [5.74, 6) is -0.0153. The molecule has 0 N–H and O–H groups in total. The Morgan fingerprint density at radius 3 is 1.82 bits per heavy atom. The minimum atomic E-state index is -0.430. The molecule has 0 spiro atoms. The molecule has 34 heavy (non-hydrogen) atoms. The molecular weight excluding hydrogens is 420 g/mol. The first-order valence-electron chi connectivity index (χ1n) is 12.3. The number of hydrogen-bond acceptors (Lipinski definition) is 2. The van der Waals surface area contributed by atoms with Crippen molar-refractivity contribution < 1.29 is 9.59 Å². The normalized spacial score (nSPS) is 11.9. The van der Waals surface area contributed by atoms with Gasteiger partial charge in [0.25, 0.3) is 5.91 Å². The Hall–Kier alpha value is -3.14. The minimum absolute atomic E-state index is 0.0570. The molecule has 0 fully saturated rings. The second kappa shape index (κ2) is 10.4. The van der Waals surface area contributed by atoms with Gasteiger partial charge in [-0.2, -0.15) is 0 Å². The first kappa shape index (κ1) is 25.5. The summed E-state index contributed by atoms with van der Waals surface area (Å²) in [6.07, 6.45) is 5.91. The van der Waals surface area contributed by atoms with Crippen LogP contribution in [-0.4, -0.2) is 26.8 Å². The second-order valence-corrected chi connectivity index (χ2v) is 10.1. The van der Waals surface area contributed by atoms with Crippen molar-refractivity contribution in [3.63, 3.8) is 0 Å². The second-order valence-electron chi connectivity index (χ2n) is 10.1. The average Bonchev–Trinajstić information content (AvgIpc) is 3.29. The lowest BCUT2D eigenvalue weighted by atomic mass is 9.79. The molecule has 0 aliphatic rings. The zero-order chi connectivity index (χ0) is 24.9. The monoisotopic (exact) mass is 458 g/mol. The van der Waals surface area contributed by atoms with Crippen LogP contribution in [0.2, 0.25) is 0 Å². The molecule has 3 aromatic rings. The fraction of sp³-hybridized carbons (Fsp3) is 0.400. The van der Waals surface area contributed by atoms with Crippen molar-refractivity contribution in [3.8, 4) is 11.1 Å². The molecule has 180 valence electrons. The highest BCUT2D eigenvalue weighted by molar-refractivity contribution is 6.02. The van der Waals surface area contributed by atoms with Crippen LogP contribution < -0.4 is 0 Å². The molecule has 4 nitrogen and oxygen atoms in total. The van der Waals surface area contributed by atoms with Crippen LogP contribution in [0, 0.1) is 5.41 Å². The number of amides is 1. The molecule has 0 radical (unpaired) electrons. The zero-order valence-corrected chi connectivity index (χ0v) is 21.5. The largest absolute Gasteiger partial charge is 0.329 e. The van der Waals surface area contributed by atoms with Crippen LogP contribution >= 0.6 is 0 Å². The molecule has 0 aliphatic heterocycles. The van der Waals surface area contributed by atoms with Gasteiger partial charge in [0, 0.05) is 35.5 Å². The third-order valence-corrected chi connectivity index (χ3v) is 7.10. The summed E-state index contributed by atoms with van der Waals surface area (Å²) in [7, 11) is 0. The molecule has 3 rings (SSSR count). The van der Waals surface area contributed by atoms with Crippen molar-refractivity contribution in [2.75, 3.05) is 0 Å². The topological polar surface area (TPSA) is 42.3 Å². The summed E-state index contributed by atoms with van der Waals surface area (Å²) in [4.78, 5) is 29.7. The maximum absolute atomic E-state index is 14.1. The van der Waals surface area contributed by atoms with Crippen LogP contribution in [0.25, 0.3) is 11.1 Å². The van der Waals surface area contributed by atoms with Crippen LogP contribution in [0.3, 0.4) is 0 Å². The maximum Gasteiger partial charge on any atom is 0.256 e. The van der Waals surface area contributed by atoms with E-state index in [2.05, 4.69) is 41.5 Å². The average molecular weight is 459 g/mol. The highest BCUT2D eigenvalue weighted by atomic mass is 16.2. The third kappa shape index (κ3) is 5.16. The Labute approximate surface area is 204 Å². The van der Waals surface area contributed by atoms with Gasteiger partial charge in [-0.25, -0.2) is 0 Å². The van der Waals surface area contributed by atoms with Gasteiger partial charge in [-0.1, -0.05) is 81.4 Å². The molecule has 0 atom stereocenters. The molecule has 0 bridgehead atoms. The van der Waals surface area contributed by atoms with Crippen molar-refractivity contribution in [2.24, 2.45) is 5.41 Å². The van der Waals surface area contributed by atoms with Gasteiger partial charge < -0.3 is 4.90 Å². The molecule has 1 amide bonds. The van der Waals surface area contributed by atoms with Crippen LogP contribution in [0.15, 0.2) is 73.1 Å². The van der Waals surface area contributed by atoms with Gasteiger partial charge in [-0.3, -0.25) is 14.2 Å². The van der Waals surface area contributed by atoms with Crippen molar-refractivity contribution in [1.82, 2.24) is 9.47 Å². The van der Waals surface area contributed by atoms with Gasteiger partial charge in [-0.15, -0.1) is 0 Å². The Kier molecular flexibility index (Phi) is 7.81. The molecule has 0 saturated heterocycles. The number of hydrogen-bond donors (Lipinski definition) is 0. The quantitative estimate of drug-likeness (QED) is 0.352. The summed E-state index contributed by atoms with van der Waals surface area (Å²) in [5, 5.41) is 0. The number of benzene rings is 2. The SMILES string of the molecule is CCC(CC)(CC)C(=O)n1cc(C(=O)N(Cc2ccccc2)C(C)(C)C)c(-c2ccccc2)c1. The van der Waals surface area contributed by atoms with Gasteiger partial charge in [0.15, 0.2) is 0 Å². The molecule has 0 aliphatic carbocycles. The van der Waals surface area contributed by atoms with Crippen LogP contribution in [0.1, 0.15) is 81.5 Å². The van der Waals surface area contributed by atoms with E-state index in [1.807, 2.05) is 71.8 Å². The summed E-state index contributed by atoms with van der Waals surface area (Å²) in [5.41, 5.74) is 2.53. The smallest absolute Gasteiger partial charge is 0.256 e. The fourth-order valence-electron chi connectivity index (χ4n) is 4.59. The lowest BCUT2D eigenvalue weighted by Gasteiger charge is -2.36. The van der Waals surface area contributed by atoms with Gasteiger partial charge >= 0.3 is 0 Å². The van der Waals surface area contributed by atoms with Crippen molar-refractivity contribution in [3.05, 3.63) is 84.2 Å². The first-order valence-corrected chi connectivity index (χ1v) is 12.3. The summed E-state index contributed by atoms with van der Waals surface area (Å²) in [6.45, 7) is 12.9. The predicted octanol–water partition coefficient (Wildman–Crippen LogP) is 7.45. The lowest BCUT2D eigenvalue weighted by Crippen LogP contribution is -2.45. The maximum atomic E-state index is 14.1. The summed E-state index contributed by atoms with van der Waals surface area (Å²) >= 11 is 0. The summed E-state index contributed by atoms with van der Waals surface area (Å²) in [6, 6.07) is 19.9. The predicted molar refractivity (Wildman–Crippen MR) is 140 cm³/mol. The van der Waals surface area contributed by atoms with Crippen molar-refractivity contribution >= 4 is 11.8 Å². The van der Waals surface area contributed by atoms with E-state index in [9.17, 15) is 9.59 Å². The fourth-order valence-corrected chi connectivity index (χ4v) is 4.59. The Morgan fingerprint density at radius 1 is 0.794 bits per heavy atom. The number of carbonyl (C=O) groups excluding carboxylic acids is 2. The molecular formula is C30H38N2O2. The highest BCUT2D eigenvalue weighted by Crippen LogP contribution is 2.35. The van der Waals surface area contributed by atoms with Crippen LogP contribution in [-0.2, 0) is 6.54 Å². The number of carbonyl (C=O) groups is 2. The number of aromatic nitrogens is 1. The van der Waals surface area contributed by atoms with E-state index in [1.54, 1.807) is 10.8 Å². The van der Waals surface area contributed by atoms with Gasteiger partial charge in [0.2, 0.25) is 5.91 Å². The van der Waals surface area contributed by atoms with Crippen molar-refractivity contribution in [1.29, 1.82) is 0 Å². The van der Waals surface area contributed by atoms with Crippen LogP contribution in [0.5, 0.6) is 0 Å². The molecule has 2 aromatic carbocycles. The molecule has 1 heterocycles. The molecule has 0 saturated carbocycles. The van der Waals surface area contributed by atoms with Crippen LogP contribution in [0.4, 0.5) is 0 Å². The van der Waals surface area contributed by atoms with E-state index < -0.39 is 11.0 Å². The summed E-state index contributed by atoms with van der Waals surface area (Å²) < 4.78 is 1.66. The van der Waals surface area contributed by atoms with Gasteiger partial charge in [0.1, 0.15) is 0 Å². The van der Waals surface area contributed by atoms with E-state index in [-0.39, 0.29) is 11.8 Å². The van der Waals surface area contributed by atoms with E-state index in [0.29, 0.717) is 12.1 Å². The van der Waals surface area contributed by atoms with Gasteiger partial charge in [-0.05, 0) is 51.2 Å². The van der Waals surface area contributed by atoms with Gasteiger partial charge in [0.05, 0.1) is 5.56 Å². The minimum Gasteiger partial charge on any atom is -0.329 e. The standard InChI is InChI=1S/C30H38N2O2/c1-7-30(8-2,9-3)28(34)31-21-25(24-18-14-11-15-19-24)26(22-31)27(33)32(29(4,5)6)20-23-16-12-10-13-17-23/h10-19,21-22H,7-9,20H2,1-6H3. The first-order chi connectivity index (χ1) is 16.2. The van der Waals surface area contributed by atoms with E-state index >= 15 is 0 Å². The number of rotatable bonds is 8. The Bertz CT molecular complexity index is 1100. The Balaban J connectivity index is 2.13. The van der Waals surface area contributed by atoms with E-state index in [0.717, 1.165) is 36.0 Å². The van der Waals surface area contributed by atoms with E-state index in [4.69, 9.17) is 0 Å². The lowest BCUT2D eigenvalue weighted by molar-refractivity contribution is 0.0559. The van der Waals surface area contributed by atoms with Crippen molar-refractivity contribution in [2.45, 2.75) is 72.9 Å². The highest BCUT2D eigenvalue weighted by Gasteiger charge is 2.36. The zero-order valence-electron chi connectivity index (χ0n) is 21.5. The Morgan fingerprint density at radius 2 is 1.32 bits per heavy atom. The van der Waals surface area contributed by atoms with E-state index in [1.165, 1.54) is 0 Å². The third-order valence-electron chi connectivity index (χ3n) is 7.10. The molecule has 4 heteroatoms. The molecule has 0 unspecified atom stereocenters. The number of nitrogens with zero attached hydrogens (tertiary/aromatic N) is 2.